The van der Waals surface area contributed by atoms with Crippen molar-refractivity contribution in [3.8, 4) is 0 Å². The average molecular weight is 437 g/mol. The first kappa shape index (κ1) is 19.6. The number of carbonyl (C=O) groups excluding carboxylic acids is 1. The average Bonchev–Trinajstić information content (AvgIpc) is 2.52. The lowest BCUT2D eigenvalue weighted by Gasteiger charge is -2.35. The van der Waals surface area contributed by atoms with E-state index < -0.39 is 16.6 Å². The fourth-order valence-electron chi connectivity index (χ4n) is 2.39. The number of alkyl halides is 1. The summed E-state index contributed by atoms with van der Waals surface area (Å²) in [5.41, 5.74) is -0.528. The van der Waals surface area contributed by atoms with E-state index in [9.17, 15) is 14.9 Å². The van der Waals surface area contributed by atoms with Crippen LogP contribution in [-0.4, -0.2) is 57.7 Å². The van der Waals surface area contributed by atoms with E-state index in [1.807, 2.05) is 0 Å². The molecule has 0 radical (unpaired) electrons. The predicted octanol–water partition coefficient (Wildman–Crippen LogP) is 2.99. The smallest absolute Gasteiger partial charge is 0.410 e. The first-order valence-corrected chi connectivity index (χ1v) is 9.12. The van der Waals surface area contributed by atoms with Crippen molar-refractivity contribution in [2.45, 2.75) is 31.7 Å². The van der Waals surface area contributed by atoms with Crippen molar-refractivity contribution in [2.24, 2.45) is 0 Å². The number of nitro groups is 1. The van der Waals surface area contributed by atoms with Crippen molar-refractivity contribution in [3.63, 3.8) is 0 Å². The standard InChI is InChI=1S/C14H19BrClN5O4/c1-14(2,3)25-13(22)20-6-4-19(5-7-20)11-10(21(23)24)9(8-15)17-12(16)18-11/h4-8H2,1-3H3. The van der Waals surface area contributed by atoms with Gasteiger partial charge in [-0.1, -0.05) is 15.9 Å². The highest BCUT2D eigenvalue weighted by Gasteiger charge is 2.32. The highest BCUT2D eigenvalue weighted by atomic mass is 79.9. The van der Waals surface area contributed by atoms with E-state index in [1.54, 1.807) is 30.6 Å². The molecule has 9 nitrogen and oxygen atoms in total. The van der Waals surface area contributed by atoms with Crippen LogP contribution in [0.5, 0.6) is 0 Å². The number of piperazine rings is 1. The van der Waals surface area contributed by atoms with Crippen LogP contribution in [-0.2, 0) is 10.1 Å². The molecule has 0 aromatic carbocycles. The minimum Gasteiger partial charge on any atom is -0.444 e. The topological polar surface area (TPSA) is 102 Å². The Labute approximate surface area is 158 Å². The van der Waals surface area contributed by atoms with Gasteiger partial charge in [-0.3, -0.25) is 10.1 Å². The quantitative estimate of drug-likeness (QED) is 0.310. The number of amides is 1. The second-order valence-corrected chi connectivity index (χ2v) is 7.36. The molecular formula is C14H19BrClN5O4. The number of rotatable bonds is 3. The van der Waals surface area contributed by atoms with Gasteiger partial charge in [-0.05, 0) is 32.4 Å². The maximum Gasteiger partial charge on any atom is 0.410 e. The Morgan fingerprint density at radius 1 is 1.32 bits per heavy atom. The number of hydrogen-bond acceptors (Lipinski definition) is 7. The minimum absolute atomic E-state index is 0.0513. The van der Waals surface area contributed by atoms with Crippen molar-refractivity contribution in [1.29, 1.82) is 0 Å². The number of anilines is 1. The molecule has 0 spiro atoms. The molecule has 25 heavy (non-hydrogen) atoms. The van der Waals surface area contributed by atoms with Crippen LogP contribution >= 0.6 is 27.5 Å². The van der Waals surface area contributed by atoms with Gasteiger partial charge in [0.15, 0.2) is 0 Å². The van der Waals surface area contributed by atoms with E-state index in [-0.39, 0.29) is 27.8 Å². The molecule has 11 heteroatoms. The predicted molar refractivity (Wildman–Crippen MR) is 96.3 cm³/mol. The van der Waals surface area contributed by atoms with Crippen LogP contribution in [0, 0.1) is 10.1 Å². The molecule has 1 aliphatic rings. The number of ether oxygens (including phenoxy) is 1. The van der Waals surface area contributed by atoms with Gasteiger partial charge in [-0.25, -0.2) is 9.78 Å². The van der Waals surface area contributed by atoms with Gasteiger partial charge in [0.25, 0.3) is 0 Å². The summed E-state index contributed by atoms with van der Waals surface area (Å²) in [6.07, 6.45) is -0.400. The third kappa shape index (κ3) is 4.91. The van der Waals surface area contributed by atoms with Crippen LogP contribution in [0.25, 0.3) is 0 Å². The second-order valence-electron chi connectivity index (χ2n) is 6.46. The van der Waals surface area contributed by atoms with Gasteiger partial charge in [0, 0.05) is 26.2 Å². The van der Waals surface area contributed by atoms with Crippen LogP contribution in [0.3, 0.4) is 0 Å². The van der Waals surface area contributed by atoms with E-state index in [1.165, 1.54) is 0 Å². The molecule has 0 saturated carbocycles. The van der Waals surface area contributed by atoms with Gasteiger partial charge in [0.2, 0.25) is 11.1 Å². The molecule has 138 valence electrons. The van der Waals surface area contributed by atoms with Gasteiger partial charge >= 0.3 is 11.8 Å². The molecule has 0 N–H and O–H groups in total. The Balaban J connectivity index is 2.17. The van der Waals surface area contributed by atoms with Gasteiger partial charge < -0.3 is 14.5 Å². The molecule has 0 aliphatic carbocycles. The highest BCUT2D eigenvalue weighted by Crippen LogP contribution is 2.32. The van der Waals surface area contributed by atoms with Crippen molar-refractivity contribution in [2.75, 3.05) is 31.1 Å². The summed E-state index contributed by atoms with van der Waals surface area (Å²) in [6, 6.07) is 0. The number of aromatic nitrogens is 2. The fourth-order valence-corrected chi connectivity index (χ4v) is 2.96. The Morgan fingerprint density at radius 2 is 1.92 bits per heavy atom. The van der Waals surface area contributed by atoms with Crippen LogP contribution in [0.1, 0.15) is 26.5 Å². The third-order valence-corrected chi connectivity index (χ3v) is 4.15. The van der Waals surface area contributed by atoms with Gasteiger partial charge in [0.05, 0.1) is 10.3 Å². The third-order valence-electron chi connectivity index (χ3n) is 3.45. The van der Waals surface area contributed by atoms with Gasteiger partial charge in [0.1, 0.15) is 11.3 Å². The summed E-state index contributed by atoms with van der Waals surface area (Å²) in [6.45, 7) is 6.92. The first-order chi connectivity index (χ1) is 11.6. The molecule has 2 heterocycles. The highest BCUT2D eigenvalue weighted by molar-refractivity contribution is 9.08. The largest absolute Gasteiger partial charge is 0.444 e. The molecule has 0 unspecified atom stereocenters. The Hall–Kier alpha value is -1.68. The molecule has 0 atom stereocenters. The van der Waals surface area contributed by atoms with E-state index in [0.717, 1.165) is 0 Å². The molecule has 1 fully saturated rings. The van der Waals surface area contributed by atoms with Crippen molar-refractivity contribution >= 4 is 45.1 Å². The van der Waals surface area contributed by atoms with Crippen LogP contribution < -0.4 is 4.90 Å². The van der Waals surface area contributed by atoms with Gasteiger partial charge in [-0.15, -0.1) is 0 Å². The van der Waals surface area contributed by atoms with E-state index in [2.05, 4.69) is 25.9 Å². The molecular weight excluding hydrogens is 418 g/mol. The SMILES string of the molecule is CC(C)(C)OC(=O)N1CCN(c2nc(Cl)nc(CBr)c2[N+](=O)[O-])CC1. The summed E-state index contributed by atoms with van der Waals surface area (Å²) < 4.78 is 5.34. The molecule has 1 amide bonds. The zero-order valence-electron chi connectivity index (χ0n) is 14.2. The normalized spacial score (nSPS) is 15.2. The summed E-state index contributed by atoms with van der Waals surface area (Å²) in [7, 11) is 0. The minimum atomic E-state index is -0.571. The fraction of sp³-hybridized carbons (Fsp3) is 0.643. The molecule has 2 rings (SSSR count). The first-order valence-electron chi connectivity index (χ1n) is 7.62. The summed E-state index contributed by atoms with van der Waals surface area (Å²) >= 11 is 9.08. The lowest BCUT2D eigenvalue weighted by Crippen LogP contribution is -2.50. The molecule has 0 bridgehead atoms. The monoisotopic (exact) mass is 435 g/mol. The van der Waals surface area contributed by atoms with Crippen molar-refractivity contribution in [3.05, 3.63) is 21.1 Å². The van der Waals surface area contributed by atoms with E-state index >= 15 is 0 Å². The Bertz CT molecular complexity index is 674. The Morgan fingerprint density at radius 3 is 2.40 bits per heavy atom. The Kier molecular flexibility index (Phi) is 6.04. The summed E-state index contributed by atoms with van der Waals surface area (Å²) in [4.78, 5) is 34.3. The number of hydrogen-bond donors (Lipinski definition) is 0. The lowest BCUT2D eigenvalue weighted by atomic mass is 10.2. The summed E-state index contributed by atoms with van der Waals surface area (Å²) in [5.74, 6) is 0.170. The molecule has 1 aromatic rings. The van der Waals surface area contributed by atoms with Crippen LogP contribution in [0.2, 0.25) is 5.28 Å². The van der Waals surface area contributed by atoms with Gasteiger partial charge in [-0.2, -0.15) is 4.98 Å². The zero-order chi connectivity index (χ0) is 18.8. The maximum absolute atomic E-state index is 12.1. The number of carbonyl (C=O) groups is 1. The molecule has 1 aromatic heterocycles. The molecule has 1 saturated heterocycles. The zero-order valence-corrected chi connectivity index (χ0v) is 16.5. The number of halogens is 2. The van der Waals surface area contributed by atoms with Crippen molar-refractivity contribution < 1.29 is 14.5 Å². The van der Waals surface area contributed by atoms with E-state index in [0.29, 0.717) is 26.2 Å². The van der Waals surface area contributed by atoms with Crippen molar-refractivity contribution in [1.82, 2.24) is 14.9 Å². The number of nitrogens with zero attached hydrogens (tertiary/aromatic N) is 5. The molecule has 1 aliphatic heterocycles. The van der Waals surface area contributed by atoms with E-state index in [4.69, 9.17) is 16.3 Å². The lowest BCUT2D eigenvalue weighted by molar-refractivity contribution is -0.385. The maximum atomic E-state index is 12.1. The van der Waals surface area contributed by atoms with Crippen LogP contribution in [0.15, 0.2) is 0 Å². The second kappa shape index (κ2) is 7.69. The summed E-state index contributed by atoms with van der Waals surface area (Å²) in [5, 5.41) is 11.6. The van der Waals surface area contributed by atoms with Crippen LogP contribution in [0.4, 0.5) is 16.3 Å².